The van der Waals surface area contributed by atoms with Crippen LogP contribution in [0.4, 0.5) is 10.6 Å². The van der Waals surface area contributed by atoms with Gasteiger partial charge in [-0.3, -0.25) is 5.32 Å². The van der Waals surface area contributed by atoms with Crippen LogP contribution in [0.3, 0.4) is 0 Å². The van der Waals surface area contributed by atoms with Crippen molar-refractivity contribution < 1.29 is 13.7 Å². The van der Waals surface area contributed by atoms with Gasteiger partial charge in [0, 0.05) is 11.6 Å². The summed E-state index contributed by atoms with van der Waals surface area (Å²) >= 11 is 0. The van der Waals surface area contributed by atoms with Gasteiger partial charge in [0.1, 0.15) is 22.4 Å². The van der Waals surface area contributed by atoms with Crippen LogP contribution >= 0.6 is 0 Å². The number of rotatable bonds is 4. The highest BCUT2D eigenvalue weighted by atomic mass is 32.2. The summed E-state index contributed by atoms with van der Waals surface area (Å²) in [6, 6.07) is 15.1. The van der Waals surface area contributed by atoms with Crippen molar-refractivity contribution in [2.45, 2.75) is 51.9 Å². The molecule has 0 aliphatic carbocycles. The molecule has 0 aliphatic heterocycles. The largest absolute Gasteiger partial charge is 0.444 e. The standard InChI is InChI=1S/C23H28N4O3S/c1-22(2,3)30-21(28)25-20-18-13-12-16(15-24-31(29)23(4,5)6)14-19(18)26-27(20)17-10-8-7-9-11-17/h7-15H,1-6H3,(H,25,28). The third kappa shape index (κ3) is 5.79. The molecular formula is C23H28N4O3S. The van der Waals surface area contributed by atoms with Gasteiger partial charge in [0.2, 0.25) is 0 Å². The number of fused-ring (bicyclic) bond motifs is 1. The number of carbonyl (C=O) groups excluding carboxylic acids is 1. The number of benzene rings is 2. The summed E-state index contributed by atoms with van der Waals surface area (Å²) in [5, 5.41) is 8.27. The molecule has 0 bridgehead atoms. The van der Waals surface area contributed by atoms with Gasteiger partial charge in [-0.05, 0) is 71.4 Å². The summed E-state index contributed by atoms with van der Waals surface area (Å²) in [6.45, 7) is 11.1. The lowest BCUT2D eigenvalue weighted by molar-refractivity contribution is 0.0635. The Labute approximate surface area is 185 Å². The molecule has 1 amide bonds. The van der Waals surface area contributed by atoms with Crippen molar-refractivity contribution in [2.24, 2.45) is 4.40 Å². The number of nitrogens with zero attached hydrogens (tertiary/aromatic N) is 3. The number of carbonyl (C=O) groups is 1. The first-order chi connectivity index (χ1) is 14.4. The van der Waals surface area contributed by atoms with Crippen LogP contribution in [0, 0.1) is 0 Å². The van der Waals surface area contributed by atoms with E-state index in [-0.39, 0.29) is 0 Å². The third-order valence-corrected chi connectivity index (χ3v) is 5.48. The van der Waals surface area contributed by atoms with Gasteiger partial charge in [-0.15, -0.1) is 0 Å². The van der Waals surface area contributed by atoms with Crippen molar-refractivity contribution in [3.8, 4) is 5.69 Å². The Morgan fingerprint density at radius 1 is 1.10 bits per heavy atom. The van der Waals surface area contributed by atoms with E-state index in [1.165, 1.54) is 0 Å². The minimum atomic E-state index is -1.35. The molecule has 31 heavy (non-hydrogen) atoms. The lowest BCUT2D eigenvalue weighted by atomic mass is 10.2. The van der Waals surface area contributed by atoms with E-state index in [1.807, 2.05) is 90.1 Å². The van der Waals surface area contributed by atoms with Gasteiger partial charge in [0.05, 0.1) is 16.0 Å². The Hall–Kier alpha value is -3.00. The summed E-state index contributed by atoms with van der Waals surface area (Å²) in [4.78, 5) is 12.5. The van der Waals surface area contributed by atoms with Gasteiger partial charge < -0.3 is 4.74 Å². The average Bonchev–Trinajstić information content (AvgIpc) is 3.02. The maximum absolute atomic E-state index is 12.5. The molecule has 1 atom stereocenters. The predicted octanol–water partition coefficient (Wildman–Crippen LogP) is 5.25. The van der Waals surface area contributed by atoms with Gasteiger partial charge in [0.15, 0.2) is 0 Å². The zero-order chi connectivity index (χ0) is 22.8. The van der Waals surface area contributed by atoms with E-state index < -0.39 is 27.4 Å². The van der Waals surface area contributed by atoms with Crippen LogP contribution in [0.5, 0.6) is 0 Å². The molecule has 7 nitrogen and oxygen atoms in total. The van der Waals surface area contributed by atoms with Crippen molar-refractivity contribution in [1.29, 1.82) is 0 Å². The number of hydrogen-bond acceptors (Lipinski definition) is 4. The van der Waals surface area contributed by atoms with Crippen molar-refractivity contribution in [3.63, 3.8) is 0 Å². The number of anilines is 1. The van der Waals surface area contributed by atoms with Crippen molar-refractivity contribution in [1.82, 2.24) is 9.78 Å². The van der Waals surface area contributed by atoms with E-state index in [0.29, 0.717) is 11.3 Å². The van der Waals surface area contributed by atoms with E-state index in [0.717, 1.165) is 16.6 Å². The van der Waals surface area contributed by atoms with Crippen LogP contribution in [0.1, 0.15) is 47.1 Å². The van der Waals surface area contributed by atoms with Gasteiger partial charge in [0.25, 0.3) is 0 Å². The molecule has 1 aromatic heterocycles. The highest BCUT2D eigenvalue weighted by Gasteiger charge is 2.21. The average molecular weight is 441 g/mol. The molecule has 1 heterocycles. The Morgan fingerprint density at radius 2 is 1.77 bits per heavy atom. The molecule has 1 unspecified atom stereocenters. The maximum atomic E-state index is 12.5. The second-order valence-corrected chi connectivity index (χ2v) is 11.0. The number of ether oxygens (including phenoxy) is 1. The number of hydrogen-bond donors (Lipinski definition) is 1. The smallest absolute Gasteiger partial charge is 0.413 e. The van der Waals surface area contributed by atoms with Crippen LogP contribution in [0.25, 0.3) is 16.6 Å². The van der Waals surface area contributed by atoms with E-state index in [9.17, 15) is 9.00 Å². The number of amides is 1. The summed E-state index contributed by atoms with van der Waals surface area (Å²) in [5.41, 5.74) is 1.62. The van der Waals surface area contributed by atoms with Gasteiger partial charge >= 0.3 is 6.09 Å². The Morgan fingerprint density at radius 3 is 2.39 bits per heavy atom. The molecule has 0 saturated carbocycles. The molecular weight excluding hydrogens is 412 g/mol. The Bertz CT molecular complexity index is 1140. The lowest BCUT2D eigenvalue weighted by Gasteiger charge is -2.20. The normalized spacial score (nSPS) is 13.5. The highest BCUT2D eigenvalue weighted by molar-refractivity contribution is 7.85. The monoisotopic (exact) mass is 440 g/mol. The van der Waals surface area contributed by atoms with Crippen molar-refractivity contribution in [2.75, 3.05) is 5.32 Å². The fraction of sp³-hybridized carbons (Fsp3) is 0.348. The fourth-order valence-electron chi connectivity index (χ4n) is 2.73. The summed E-state index contributed by atoms with van der Waals surface area (Å²) in [7, 11) is -1.35. The van der Waals surface area contributed by atoms with Crippen molar-refractivity contribution >= 4 is 40.0 Å². The molecule has 2 aromatic carbocycles. The zero-order valence-corrected chi connectivity index (χ0v) is 19.5. The first kappa shape index (κ1) is 22.7. The minimum absolute atomic E-state index is 0.431. The van der Waals surface area contributed by atoms with E-state index in [1.54, 1.807) is 10.9 Å². The van der Waals surface area contributed by atoms with Gasteiger partial charge in [-0.25, -0.2) is 13.7 Å². The minimum Gasteiger partial charge on any atom is -0.444 e. The predicted molar refractivity (Wildman–Crippen MR) is 126 cm³/mol. The van der Waals surface area contributed by atoms with Gasteiger partial charge in [-0.2, -0.15) is 9.50 Å². The van der Waals surface area contributed by atoms with E-state index >= 15 is 0 Å². The topological polar surface area (TPSA) is 85.6 Å². The number of para-hydroxylation sites is 1. The first-order valence-electron chi connectivity index (χ1n) is 9.98. The molecule has 0 aliphatic rings. The van der Waals surface area contributed by atoms with Crippen LogP contribution in [0.2, 0.25) is 0 Å². The molecule has 164 valence electrons. The molecule has 0 spiro atoms. The molecule has 0 radical (unpaired) electrons. The van der Waals surface area contributed by atoms with Crippen molar-refractivity contribution in [3.05, 3.63) is 54.1 Å². The first-order valence-corrected chi connectivity index (χ1v) is 11.1. The second kappa shape index (κ2) is 8.63. The third-order valence-electron chi connectivity index (χ3n) is 4.14. The van der Waals surface area contributed by atoms with E-state index in [2.05, 4.69) is 14.8 Å². The van der Waals surface area contributed by atoms with Crippen LogP contribution in [-0.2, 0) is 15.7 Å². The van der Waals surface area contributed by atoms with Crippen LogP contribution < -0.4 is 5.32 Å². The number of nitrogens with one attached hydrogen (secondary N) is 1. The zero-order valence-electron chi connectivity index (χ0n) is 18.7. The molecule has 0 saturated heterocycles. The number of aromatic nitrogens is 2. The summed E-state index contributed by atoms with van der Waals surface area (Å²) < 4.78 is 23.0. The molecule has 0 fully saturated rings. The Kier molecular flexibility index (Phi) is 6.31. The summed E-state index contributed by atoms with van der Waals surface area (Å²) in [6.07, 6.45) is 1.03. The maximum Gasteiger partial charge on any atom is 0.413 e. The van der Waals surface area contributed by atoms with Crippen LogP contribution in [-0.4, -0.2) is 36.6 Å². The lowest BCUT2D eigenvalue weighted by Crippen LogP contribution is -2.28. The van der Waals surface area contributed by atoms with E-state index in [4.69, 9.17) is 4.74 Å². The molecule has 1 N–H and O–H groups in total. The Balaban J connectivity index is 2.03. The SMILES string of the molecule is CC(C)(C)OC(=O)Nc1c2ccc(C=NS(=O)C(C)(C)C)cc2nn1-c1ccccc1. The molecule has 3 aromatic rings. The molecule has 3 rings (SSSR count). The summed E-state index contributed by atoms with van der Waals surface area (Å²) in [5.74, 6) is 0.511. The van der Waals surface area contributed by atoms with Gasteiger partial charge in [-0.1, -0.05) is 24.3 Å². The quantitative estimate of drug-likeness (QED) is 0.561. The fourth-order valence-corrected chi connectivity index (χ4v) is 3.26. The van der Waals surface area contributed by atoms with Crippen LogP contribution in [0.15, 0.2) is 52.9 Å². The highest BCUT2D eigenvalue weighted by Crippen LogP contribution is 2.28. The second-order valence-electron chi connectivity index (χ2n) is 9.10. The molecule has 8 heteroatoms.